The number of ether oxygens (including phenoxy) is 1. The van der Waals surface area contributed by atoms with Crippen molar-refractivity contribution in [2.75, 3.05) is 32.1 Å². The van der Waals surface area contributed by atoms with Gasteiger partial charge in [0.2, 0.25) is 5.95 Å². The minimum absolute atomic E-state index is 0.0402. The average Bonchev–Trinajstić information content (AvgIpc) is 3.27. The fraction of sp³-hybridized carbons (Fsp3) is 0.292. The third kappa shape index (κ3) is 4.66. The molecule has 160 valence electrons. The van der Waals surface area contributed by atoms with Crippen molar-refractivity contribution >= 4 is 11.9 Å². The van der Waals surface area contributed by atoms with E-state index in [4.69, 9.17) is 9.72 Å². The van der Waals surface area contributed by atoms with E-state index in [2.05, 4.69) is 4.98 Å². The first-order chi connectivity index (χ1) is 15.0. The van der Waals surface area contributed by atoms with E-state index in [0.717, 1.165) is 24.1 Å². The minimum Gasteiger partial charge on any atom is -0.484 e. The molecule has 0 spiro atoms. The van der Waals surface area contributed by atoms with Gasteiger partial charge in [-0.2, -0.15) is 0 Å². The highest BCUT2D eigenvalue weighted by atomic mass is 19.1. The van der Waals surface area contributed by atoms with Crippen LogP contribution in [0.1, 0.15) is 24.6 Å². The van der Waals surface area contributed by atoms with Crippen LogP contribution in [-0.4, -0.2) is 48.0 Å². The molecule has 2 aromatic carbocycles. The van der Waals surface area contributed by atoms with Crippen molar-refractivity contribution in [1.82, 2.24) is 14.9 Å². The highest BCUT2D eigenvalue weighted by molar-refractivity contribution is 5.79. The summed E-state index contributed by atoms with van der Waals surface area (Å²) in [5.74, 6) is 0.788. The molecule has 3 aromatic rings. The number of aromatic nitrogens is 2. The molecule has 6 nitrogen and oxygen atoms in total. The zero-order valence-corrected chi connectivity index (χ0v) is 17.7. The molecule has 1 atom stereocenters. The summed E-state index contributed by atoms with van der Waals surface area (Å²) in [6.45, 7) is 0.590. The molecule has 2 heterocycles. The molecular weight excluding hydrogens is 395 g/mol. The number of carbonyl (C=O) groups is 1. The first-order valence-electron chi connectivity index (χ1n) is 10.3. The number of hydrogen-bond donors (Lipinski definition) is 0. The van der Waals surface area contributed by atoms with Gasteiger partial charge in [-0.3, -0.25) is 4.79 Å². The normalized spacial score (nSPS) is 15.7. The third-order valence-corrected chi connectivity index (χ3v) is 5.34. The Balaban J connectivity index is 1.64. The van der Waals surface area contributed by atoms with Gasteiger partial charge in [0.05, 0.1) is 11.7 Å². The predicted octanol–water partition coefficient (Wildman–Crippen LogP) is 4.09. The highest BCUT2D eigenvalue weighted by Crippen LogP contribution is 2.37. The number of likely N-dealkylation sites (tertiary alicyclic amines) is 1. The second kappa shape index (κ2) is 9.12. The molecular formula is C24H25FN4O2. The summed E-state index contributed by atoms with van der Waals surface area (Å²) in [7, 11) is 3.73. The fourth-order valence-corrected chi connectivity index (χ4v) is 3.83. The van der Waals surface area contributed by atoms with Crippen LogP contribution >= 0.6 is 0 Å². The molecule has 1 aromatic heterocycles. The van der Waals surface area contributed by atoms with Gasteiger partial charge in [-0.25, -0.2) is 14.4 Å². The summed E-state index contributed by atoms with van der Waals surface area (Å²) in [4.78, 5) is 25.8. The van der Waals surface area contributed by atoms with E-state index >= 15 is 0 Å². The lowest BCUT2D eigenvalue weighted by atomic mass is 9.99. The van der Waals surface area contributed by atoms with Crippen LogP contribution in [0, 0.1) is 5.82 Å². The number of benzene rings is 2. The van der Waals surface area contributed by atoms with E-state index in [9.17, 15) is 9.18 Å². The van der Waals surface area contributed by atoms with Gasteiger partial charge in [-0.15, -0.1) is 0 Å². The highest BCUT2D eigenvalue weighted by Gasteiger charge is 2.33. The molecule has 0 bridgehead atoms. The Bertz CT molecular complexity index is 1060. The second-order valence-corrected chi connectivity index (χ2v) is 7.72. The maximum Gasteiger partial charge on any atom is 0.261 e. The molecule has 0 saturated carbocycles. The van der Waals surface area contributed by atoms with Gasteiger partial charge in [0.1, 0.15) is 11.6 Å². The maximum absolute atomic E-state index is 13.9. The number of anilines is 1. The first-order valence-corrected chi connectivity index (χ1v) is 10.3. The standard InChI is InChI=1S/C24H25FN4O2/c1-28(2)24-26-15-20(17-8-6-9-18(25)14-17)23(27-24)21-12-7-13-29(21)22(30)16-31-19-10-4-3-5-11-19/h3-6,8-11,14-15,21H,7,12-13,16H2,1-2H3. The number of halogens is 1. The zero-order chi connectivity index (χ0) is 21.8. The number of carbonyl (C=O) groups excluding carboxylic acids is 1. The van der Waals surface area contributed by atoms with Crippen LogP contribution < -0.4 is 9.64 Å². The summed E-state index contributed by atoms with van der Waals surface area (Å²) in [5.41, 5.74) is 2.16. The van der Waals surface area contributed by atoms with Crippen molar-refractivity contribution in [3.8, 4) is 16.9 Å². The Labute approximate surface area is 181 Å². The van der Waals surface area contributed by atoms with Gasteiger partial charge in [0.15, 0.2) is 6.61 Å². The molecule has 4 rings (SSSR count). The van der Waals surface area contributed by atoms with E-state index < -0.39 is 0 Å². The maximum atomic E-state index is 13.9. The molecule has 7 heteroatoms. The summed E-state index contributed by atoms with van der Waals surface area (Å²) in [5, 5.41) is 0. The van der Waals surface area contributed by atoms with E-state index in [0.29, 0.717) is 23.8 Å². The van der Waals surface area contributed by atoms with Crippen molar-refractivity contribution in [1.29, 1.82) is 0 Å². The third-order valence-electron chi connectivity index (χ3n) is 5.34. The van der Waals surface area contributed by atoms with E-state index in [1.165, 1.54) is 12.1 Å². The van der Waals surface area contributed by atoms with Crippen molar-refractivity contribution in [2.45, 2.75) is 18.9 Å². The lowest BCUT2D eigenvalue weighted by Crippen LogP contribution is -2.35. The molecule has 0 radical (unpaired) electrons. The smallest absolute Gasteiger partial charge is 0.261 e. The van der Waals surface area contributed by atoms with Crippen LogP contribution in [0.25, 0.3) is 11.1 Å². The lowest BCUT2D eigenvalue weighted by molar-refractivity contribution is -0.134. The quantitative estimate of drug-likeness (QED) is 0.601. The summed E-state index contributed by atoms with van der Waals surface area (Å²) >= 11 is 0. The Morgan fingerprint density at radius 1 is 1.19 bits per heavy atom. The molecule has 31 heavy (non-hydrogen) atoms. The fourth-order valence-electron chi connectivity index (χ4n) is 3.83. The van der Waals surface area contributed by atoms with Gasteiger partial charge in [-0.1, -0.05) is 30.3 Å². The molecule has 1 unspecified atom stereocenters. The van der Waals surface area contributed by atoms with Crippen molar-refractivity contribution in [2.24, 2.45) is 0 Å². The minimum atomic E-state index is -0.323. The van der Waals surface area contributed by atoms with Crippen LogP contribution in [0.3, 0.4) is 0 Å². The molecule has 1 aliphatic rings. The van der Waals surface area contributed by atoms with Crippen molar-refractivity contribution in [3.63, 3.8) is 0 Å². The van der Waals surface area contributed by atoms with E-state index in [1.807, 2.05) is 60.3 Å². The SMILES string of the molecule is CN(C)c1ncc(-c2cccc(F)c2)c(C2CCCN2C(=O)COc2ccccc2)n1. The van der Waals surface area contributed by atoms with Crippen molar-refractivity contribution in [3.05, 3.63) is 72.3 Å². The molecule has 0 aliphatic carbocycles. The molecule has 1 amide bonds. The van der Waals surface area contributed by atoms with Crippen molar-refractivity contribution < 1.29 is 13.9 Å². The number of nitrogens with zero attached hydrogens (tertiary/aromatic N) is 4. The van der Waals surface area contributed by atoms with Gasteiger partial charge in [-0.05, 0) is 42.7 Å². The Morgan fingerprint density at radius 2 is 2.00 bits per heavy atom. The predicted molar refractivity (Wildman–Crippen MR) is 117 cm³/mol. The Kier molecular flexibility index (Phi) is 6.11. The van der Waals surface area contributed by atoms with Crippen LogP contribution in [0.5, 0.6) is 5.75 Å². The number of rotatable bonds is 6. The van der Waals surface area contributed by atoms with Crippen LogP contribution in [-0.2, 0) is 4.79 Å². The van der Waals surface area contributed by atoms with Crippen LogP contribution in [0.15, 0.2) is 60.8 Å². The lowest BCUT2D eigenvalue weighted by Gasteiger charge is -2.27. The zero-order valence-electron chi connectivity index (χ0n) is 17.7. The first kappa shape index (κ1) is 20.8. The summed E-state index contributed by atoms with van der Waals surface area (Å²) in [6, 6.07) is 15.4. The number of amides is 1. The van der Waals surface area contributed by atoms with Gasteiger partial charge >= 0.3 is 0 Å². The largest absolute Gasteiger partial charge is 0.484 e. The number of para-hydroxylation sites is 1. The molecule has 1 saturated heterocycles. The summed E-state index contributed by atoms with van der Waals surface area (Å²) in [6.07, 6.45) is 3.36. The molecule has 0 N–H and O–H groups in total. The average molecular weight is 420 g/mol. The Morgan fingerprint density at radius 3 is 2.74 bits per heavy atom. The molecule has 1 fully saturated rings. The van der Waals surface area contributed by atoms with Gasteiger partial charge < -0.3 is 14.5 Å². The second-order valence-electron chi connectivity index (χ2n) is 7.72. The number of hydrogen-bond acceptors (Lipinski definition) is 5. The Hall–Kier alpha value is -3.48. The van der Waals surface area contributed by atoms with Crippen LogP contribution in [0.4, 0.5) is 10.3 Å². The topological polar surface area (TPSA) is 58.6 Å². The molecule has 1 aliphatic heterocycles. The van der Waals surface area contributed by atoms with E-state index in [-0.39, 0.29) is 24.4 Å². The van der Waals surface area contributed by atoms with E-state index in [1.54, 1.807) is 12.3 Å². The summed E-state index contributed by atoms with van der Waals surface area (Å²) < 4.78 is 19.6. The van der Waals surface area contributed by atoms with Gasteiger partial charge in [0, 0.05) is 32.4 Å². The monoisotopic (exact) mass is 420 g/mol. The van der Waals surface area contributed by atoms with Gasteiger partial charge in [0.25, 0.3) is 5.91 Å². The van der Waals surface area contributed by atoms with Crippen LogP contribution in [0.2, 0.25) is 0 Å².